The number of nitrogens with two attached hydrogens (primary N) is 1. The Morgan fingerprint density at radius 2 is 1.54 bits per heavy atom. The Morgan fingerprint density at radius 3 is 2.00 bits per heavy atom. The second-order valence-corrected chi connectivity index (χ2v) is 6.00. The van der Waals surface area contributed by atoms with Crippen molar-refractivity contribution < 1.29 is 4.79 Å². The maximum atomic E-state index is 8.00. The van der Waals surface area contributed by atoms with Gasteiger partial charge in [0, 0.05) is 12.1 Å². The van der Waals surface area contributed by atoms with Gasteiger partial charge in [0.1, 0.15) is 6.79 Å². The topological polar surface area (TPSA) is 91.5 Å². The predicted molar refractivity (Wildman–Crippen MR) is 110 cm³/mol. The number of carbonyl (C=O) groups excluding carboxylic acids is 1. The van der Waals surface area contributed by atoms with Crippen LogP contribution in [0.15, 0.2) is 53.6 Å². The summed E-state index contributed by atoms with van der Waals surface area (Å²) < 4.78 is 0. The molecule has 5 N–H and O–H groups in total. The first-order chi connectivity index (χ1) is 12.1. The molecule has 0 fully saturated rings. The minimum absolute atomic E-state index is 0. The van der Waals surface area contributed by atoms with Crippen molar-refractivity contribution in [3.63, 3.8) is 0 Å². The first kappa shape index (κ1) is 23.3. The standard InChI is InChI=1S/C14H15N5.C4H10.CH2O.CH4/c15-9-10-5-7-11(8-6-10)12-3-1-2-4-13(12)14-16-18-19-17-14;1-4(2)3;1-2;/h1-8,18-19H,9,15H2,(H,16,17);4H,1-3H3;1H2;1H4. The highest BCUT2D eigenvalue weighted by atomic mass is 16.1. The summed E-state index contributed by atoms with van der Waals surface area (Å²) in [5.74, 6) is 1.61. The number of hydrazine groups is 2. The van der Waals surface area contributed by atoms with Gasteiger partial charge in [-0.05, 0) is 22.6 Å². The molecular weight excluding hydrogens is 326 g/mol. The van der Waals surface area contributed by atoms with E-state index in [1.807, 2.05) is 37.1 Å². The van der Waals surface area contributed by atoms with E-state index in [0.29, 0.717) is 6.54 Å². The van der Waals surface area contributed by atoms with Crippen LogP contribution in [-0.2, 0) is 11.3 Å². The van der Waals surface area contributed by atoms with Gasteiger partial charge >= 0.3 is 0 Å². The highest BCUT2D eigenvalue weighted by Crippen LogP contribution is 2.24. The minimum Gasteiger partial charge on any atom is -0.326 e. The zero-order valence-corrected chi connectivity index (χ0v) is 15.0. The van der Waals surface area contributed by atoms with Crippen LogP contribution in [0.25, 0.3) is 11.1 Å². The molecule has 26 heavy (non-hydrogen) atoms. The van der Waals surface area contributed by atoms with Gasteiger partial charge in [-0.2, -0.15) is 0 Å². The summed E-state index contributed by atoms with van der Waals surface area (Å²) in [6.45, 7) is 9.06. The van der Waals surface area contributed by atoms with Gasteiger partial charge in [-0.25, -0.2) is 5.53 Å². The summed E-state index contributed by atoms with van der Waals surface area (Å²) in [6, 6.07) is 16.4. The third kappa shape index (κ3) is 7.04. The number of hydrogen-bond acceptors (Lipinski definition) is 6. The second-order valence-electron chi connectivity index (χ2n) is 6.00. The molecule has 2 aromatic rings. The zero-order chi connectivity index (χ0) is 18.7. The molecule has 6 heteroatoms. The largest absolute Gasteiger partial charge is 0.326 e. The van der Waals surface area contributed by atoms with Crippen LogP contribution in [0.1, 0.15) is 39.3 Å². The molecule has 0 spiro atoms. The van der Waals surface area contributed by atoms with E-state index in [2.05, 4.69) is 60.6 Å². The summed E-state index contributed by atoms with van der Waals surface area (Å²) >= 11 is 0. The molecule has 0 saturated carbocycles. The van der Waals surface area contributed by atoms with Crippen molar-refractivity contribution in [1.82, 2.24) is 16.5 Å². The van der Waals surface area contributed by atoms with E-state index in [-0.39, 0.29) is 7.43 Å². The van der Waals surface area contributed by atoms with Crippen LogP contribution in [0.3, 0.4) is 0 Å². The molecule has 0 radical (unpaired) electrons. The maximum Gasteiger partial charge on any atom is 0.171 e. The quantitative estimate of drug-likeness (QED) is 0.677. The monoisotopic (exact) mass is 357 g/mol. The van der Waals surface area contributed by atoms with Crippen LogP contribution in [0.5, 0.6) is 0 Å². The highest BCUT2D eigenvalue weighted by molar-refractivity contribution is 6.04. The molecule has 3 rings (SSSR count). The molecule has 1 heterocycles. The average Bonchev–Trinajstić information content (AvgIpc) is 3.18. The molecule has 0 aromatic heterocycles. The summed E-state index contributed by atoms with van der Waals surface area (Å²) in [4.78, 5) is 8.00. The normalized spacial score (nSPS) is 11.5. The number of hydrazone groups is 1. The number of rotatable bonds is 3. The molecule has 0 atom stereocenters. The van der Waals surface area contributed by atoms with E-state index in [4.69, 9.17) is 10.5 Å². The van der Waals surface area contributed by atoms with Gasteiger partial charge in [-0.15, -0.1) is 10.6 Å². The fraction of sp³-hybridized carbons (Fsp3) is 0.300. The summed E-state index contributed by atoms with van der Waals surface area (Å²) in [5, 5.41) is 4.15. The molecule has 0 saturated heterocycles. The van der Waals surface area contributed by atoms with E-state index >= 15 is 0 Å². The maximum absolute atomic E-state index is 8.00. The van der Waals surface area contributed by atoms with Gasteiger partial charge in [0.15, 0.2) is 5.84 Å². The van der Waals surface area contributed by atoms with Crippen LogP contribution in [-0.4, -0.2) is 12.6 Å². The van der Waals surface area contributed by atoms with Crippen LogP contribution in [0, 0.1) is 5.92 Å². The fourth-order valence-electron chi connectivity index (χ4n) is 2.09. The molecule has 0 unspecified atom stereocenters. The Bertz CT molecular complexity index is 665. The van der Waals surface area contributed by atoms with Crippen LogP contribution in [0.4, 0.5) is 0 Å². The lowest BCUT2D eigenvalue weighted by molar-refractivity contribution is -0.0979. The predicted octanol–water partition coefficient (Wildman–Crippen LogP) is 3.20. The van der Waals surface area contributed by atoms with E-state index < -0.39 is 0 Å². The van der Waals surface area contributed by atoms with Crippen molar-refractivity contribution >= 4 is 12.6 Å². The molecule has 0 bridgehead atoms. The number of hydrogen-bond donors (Lipinski definition) is 4. The van der Waals surface area contributed by atoms with Crippen LogP contribution >= 0.6 is 0 Å². The SMILES string of the molecule is C.C=O.CC(C)C.NCc1ccc(-c2ccccc2C2=NNNN2)cc1. The van der Waals surface area contributed by atoms with Crippen molar-refractivity contribution in [3.05, 3.63) is 59.7 Å². The van der Waals surface area contributed by atoms with Gasteiger partial charge in [-0.1, -0.05) is 76.7 Å². The van der Waals surface area contributed by atoms with Crippen molar-refractivity contribution in [2.45, 2.75) is 34.7 Å². The van der Waals surface area contributed by atoms with Crippen molar-refractivity contribution in [3.8, 4) is 11.1 Å². The van der Waals surface area contributed by atoms with E-state index in [1.54, 1.807) is 0 Å². The minimum atomic E-state index is 0. The Kier molecular flexibility index (Phi) is 11.3. The van der Waals surface area contributed by atoms with Gasteiger partial charge in [-0.3, -0.25) is 5.43 Å². The second kappa shape index (κ2) is 12.6. The van der Waals surface area contributed by atoms with E-state index in [9.17, 15) is 0 Å². The number of amidine groups is 1. The van der Waals surface area contributed by atoms with Gasteiger partial charge in [0.25, 0.3) is 0 Å². The molecule has 0 amide bonds. The molecule has 142 valence electrons. The smallest absolute Gasteiger partial charge is 0.171 e. The summed E-state index contributed by atoms with van der Waals surface area (Å²) in [7, 11) is 0. The Morgan fingerprint density at radius 1 is 1.00 bits per heavy atom. The van der Waals surface area contributed by atoms with Gasteiger partial charge in [0.2, 0.25) is 0 Å². The van der Waals surface area contributed by atoms with E-state index in [0.717, 1.165) is 34.0 Å². The molecule has 2 aromatic carbocycles. The van der Waals surface area contributed by atoms with Crippen molar-refractivity contribution in [2.75, 3.05) is 0 Å². The molecule has 0 aliphatic carbocycles. The first-order valence-corrected chi connectivity index (χ1v) is 8.13. The fourth-order valence-corrected chi connectivity index (χ4v) is 2.09. The third-order valence-electron chi connectivity index (χ3n) is 3.09. The lowest BCUT2D eigenvalue weighted by atomic mass is 9.98. The Balaban J connectivity index is 0.000000795. The van der Waals surface area contributed by atoms with Crippen LogP contribution < -0.4 is 22.2 Å². The van der Waals surface area contributed by atoms with E-state index in [1.165, 1.54) is 0 Å². The average molecular weight is 358 g/mol. The molecule has 6 nitrogen and oxygen atoms in total. The summed E-state index contributed by atoms with van der Waals surface area (Å²) in [6.07, 6.45) is 0. The molecular formula is C20H31N5O. The van der Waals surface area contributed by atoms with Crippen molar-refractivity contribution in [2.24, 2.45) is 16.8 Å². The first-order valence-electron chi connectivity index (χ1n) is 8.13. The number of carbonyl (C=O) groups is 1. The number of benzene rings is 2. The highest BCUT2D eigenvalue weighted by Gasteiger charge is 2.13. The zero-order valence-electron chi connectivity index (χ0n) is 15.0. The Hall–Kier alpha value is -2.70. The van der Waals surface area contributed by atoms with Gasteiger partial charge in [0.05, 0.1) is 0 Å². The number of nitrogens with zero attached hydrogens (tertiary/aromatic N) is 1. The van der Waals surface area contributed by atoms with Crippen LogP contribution in [0.2, 0.25) is 0 Å². The lowest BCUT2D eigenvalue weighted by Crippen LogP contribution is -2.35. The van der Waals surface area contributed by atoms with Crippen molar-refractivity contribution in [1.29, 1.82) is 0 Å². The molecule has 1 aliphatic heterocycles. The Labute approximate surface area is 156 Å². The lowest BCUT2D eigenvalue weighted by Gasteiger charge is -2.09. The third-order valence-corrected chi connectivity index (χ3v) is 3.09. The summed E-state index contributed by atoms with van der Waals surface area (Å²) in [5.41, 5.74) is 18.5. The molecule has 1 aliphatic rings. The number of nitrogens with one attached hydrogen (secondary N) is 3. The van der Waals surface area contributed by atoms with Gasteiger partial charge < -0.3 is 10.5 Å².